The molecular formula is C11H16O3. The molecule has 0 spiro atoms. The predicted octanol–water partition coefficient (Wildman–Crippen LogP) is 1.44. The molecule has 0 aliphatic heterocycles. The maximum Gasteiger partial charge on any atom is 0.114 e. The van der Waals surface area contributed by atoms with Gasteiger partial charge in [-0.1, -0.05) is 12.8 Å². The molecule has 1 fully saturated rings. The van der Waals surface area contributed by atoms with E-state index in [9.17, 15) is 10.2 Å². The largest absolute Gasteiger partial charge is 0.469 e. The second-order valence-corrected chi connectivity index (χ2v) is 4.05. The zero-order valence-corrected chi connectivity index (χ0v) is 8.15. The van der Waals surface area contributed by atoms with Gasteiger partial charge in [0.15, 0.2) is 0 Å². The fraction of sp³-hybridized carbons (Fsp3) is 0.636. The van der Waals surface area contributed by atoms with Crippen molar-refractivity contribution in [3.8, 4) is 0 Å². The Balaban J connectivity index is 2.32. The molecule has 1 aromatic rings. The minimum atomic E-state index is -0.554. The Bertz CT molecular complexity index is 281. The summed E-state index contributed by atoms with van der Waals surface area (Å²) in [6.45, 7) is -0.0400. The van der Waals surface area contributed by atoms with E-state index in [-0.39, 0.29) is 6.61 Å². The van der Waals surface area contributed by atoms with Crippen LogP contribution >= 0.6 is 0 Å². The average molecular weight is 196 g/mol. The van der Waals surface area contributed by atoms with Crippen LogP contribution in [0.25, 0.3) is 0 Å². The highest BCUT2D eigenvalue weighted by Gasteiger charge is 2.43. The Morgan fingerprint density at radius 3 is 2.93 bits per heavy atom. The minimum Gasteiger partial charge on any atom is -0.469 e. The molecule has 0 amide bonds. The molecule has 1 aromatic heterocycles. The third kappa shape index (κ3) is 1.37. The van der Waals surface area contributed by atoms with Gasteiger partial charge in [0.05, 0.1) is 24.4 Å². The van der Waals surface area contributed by atoms with Gasteiger partial charge in [0, 0.05) is 0 Å². The third-order valence-corrected chi connectivity index (χ3v) is 3.28. The van der Waals surface area contributed by atoms with Gasteiger partial charge in [0.25, 0.3) is 0 Å². The highest BCUT2D eigenvalue weighted by Crippen LogP contribution is 2.39. The molecule has 3 nitrogen and oxygen atoms in total. The lowest BCUT2D eigenvalue weighted by atomic mass is 9.71. The van der Waals surface area contributed by atoms with Crippen molar-refractivity contribution < 1.29 is 14.6 Å². The van der Waals surface area contributed by atoms with E-state index in [1.807, 2.05) is 6.07 Å². The van der Waals surface area contributed by atoms with Crippen molar-refractivity contribution in [2.75, 3.05) is 6.61 Å². The summed E-state index contributed by atoms with van der Waals surface area (Å²) in [5.41, 5.74) is -0.554. The molecule has 0 aromatic carbocycles. The molecule has 0 bridgehead atoms. The number of rotatable bonds is 2. The van der Waals surface area contributed by atoms with Crippen LogP contribution < -0.4 is 0 Å². The van der Waals surface area contributed by atoms with E-state index in [1.165, 1.54) is 0 Å². The first kappa shape index (κ1) is 9.74. The maximum absolute atomic E-state index is 9.97. The summed E-state index contributed by atoms with van der Waals surface area (Å²) in [5.74, 6) is 0.715. The highest BCUT2D eigenvalue weighted by atomic mass is 16.3. The topological polar surface area (TPSA) is 53.6 Å². The second kappa shape index (κ2) is 3.75. The van der Waals surface area contributed by atoms with Crippen LogP contribution in [0.1, 0.15) is 31.4 Å². The third-order valence-electron chi connectivity index (χ3n) is 3.28. The molecule has 3 heteroatoms. The number of aliphatic hydroxyl groups is 2. The van der Waals surface area contributed by atoms with Crippen molar-refractivity contribution in [2.45, 2.75) is 37.2 Å². The molecule has 2 N–H and O–H groups in total. The van der Waals surface area contributed by atoms with E-state index >= 15 is 0 Å². The number of hydrogen-bond donors (Lipinski definition) is 2. The molecule has 1 heterocycles. The first-order chi connectivity index (χ1) is 6.79. The van der Waals surface area contributed by atoms with Crippen molar-refractivity contribution in [3.05, 3.63) is 24.2 Å². The molecular weight excluding hydrogens is 180 g/mol. The van der Waals surface area contributed by atoms with Gasteiger partial charge in [-0.05, 0) is 25.0 Å². The monoisotopic (exact) mass is 196 g/mol. The van der Waals surface area contributed by atoms with Crippen LogP contribution in [0.5, 0.6) is 0 Å². The summed E-state index contributed by atoms with van der Waals surface area (Å²) in [7, 11) is 0. The number of hydrogen-bond acceptors (Lipinski definition) is 3. The molecule has 2 atom stereocenters. The van der Waals surface area contributed by atoms with E-state index in [1.54, 1.807) is 12.3 Å². The molecule has 14 heavy (non-hydrogen) atoms. The van der Waals surface area contributed by atoms with E-state index in [0.29, 0.717) is 5.76 Å². The van der Waals surface area contributed by atoms with Gasteiger partial charge in [0.2, 0.25) is 0 Å². The predicted molar refractivity (Wildman–Crippen MR) is 51.9 cm³/mol. The van der Waals surface area contributed by atoms with Crippen LogP contribution in [-0.2, 0) is 5.41 Å². The molecule has 1 aliphatic rings. The SMILES string of the molecule is OC[C@]1(c2ccco2)CCCC[C@@H]1O. The Morgan fingerprint density at radius 2 is 2.36 bits per heavy atom. The first-order valence-electron chi connectivity index (χ1n) is 5.12. The zero-order chi connectivity index (χ0) is 10.0. The van der Waals surface area contributed by atoms with Crippen molar-refractivity contribution in [1.82, 2.24) is 0 Å². The van der Waals surface area contributed by atoms with Gasteiger partial charge in [-0.2, -0.15) is 0 Å². The Kier molecular flexibility index (Phi) is 2.61. The lowest BCUT2D eigenvalue weighted by molar-refractivity contribution is -0.00522. The smallest absolute Gasteiger partial charge is 0.114 e. The van der Waals surface area contributed by atoms with Crippen LogP contribution in [0.3, 0.4) is 0 Å². The van der Waals surface area contributed by atoms with E-state index in [2.05, 4.69) is 0 Å². The average Bonchev–Trinajstić information content (AvgIpc) is 2.72. The summed E-state index contributed by atoms with van der Waals surface area (Å²) in [4.78, 5) is 0. The summed E-state index contributed by atoms with van der Waals surface area (Å²) < 4.78 is 5.32. The van der Waals surface area contributed by atoms with Gasteiger partial charge in [-0.15, -0.1) is 0 Å². The zero-order valence-electron chi connectivity index (χ0n) is 8.15. The van der Waals surface area contributed by atoms with Gasteiger partial charge in [-0.3, -0.25) is 0 Å². The Morgan fingerprint density at radius 1 is 1.50 bits per heavy atom. The Labute approximate surface area is 83.4 Å². The molecule has 1 saturated carbocycles. The maximum atomic E-state index is 9.97. The number of aliphatic hydroxyl groups excluding tert-OH is 2. The van der Waals surface area contributed by atoms with Crippen molar-refractivity contribution in [2.24, 2.45) is 0 Å². The van der Waals surface area contributed by atoms with Gasteiger partial charge in [-0.25, -0.2) is 0 Å². The molecule has 78 valence electrons. The van der Waals surface area contributed by atoms with Gasteiger partial charge in [0.1, 0.15) is 5.76 Å². The summed E-state index contributed by atoms with van der Waals surface area (Å²) in [6, 6.07) is 3.64. The van der Waals surface area contributed by atoms with Gasteiger partial charge < -0.3 is 14.6 Å². The Hall–Kier alpha value is -0.800. The molecule has 2 rings (SSSR count). The molecule has 0 saturated heterocycles. The van der Waals surface area contributed by atoms with Crippen LogP contribution in [0.2, 0.25) is 0 Å². The lowest BCUT2D eigenvalue weighted by Gasteiger charge is -2.38. The van der Waals surface area contributed by atoms with Crippen LogP contribution in [0.4, 0.5) is 0 Å². The quantitative estimate of drug-likeness (QED) is 0.752. The number of furan rings is 1. The van der Waals surface area contributed by atoms with E-state index in [4.69, 9.17) is 4.42 Å². The fourth-order valence-electron chi connectivity index (χ4n) is 2.33. The fourth-order valence-corrected chi connectivity index (χ4v) is 2.33. The van der Waals surface area contributed by atoms with Crippen molar-refractivity contribution >= 4 is 0 Å². The van der Waals surface area contributed by atoms with E-state index < -0.39 is 11.5 Å². The van der Waals surface area contributed by atoms with Crippen molar-refractivity contribution in [3.63, 3.8) is 0 Å². The first-order valence-corrected chi connectivity index (χ1v) is 5.12. The van der Waals surface area contributed by atoms with Crippen LogP contribution in [-0.4, -0.2) is 22.9 Å². The van der Waals surface area contributed by atoms with E-state index in [0.717, 1.165) is 25.7 Å². The van der Waals surface area contributed by atoms with Gasteiger partial charge >= 0.3 is 0 Å². The molecule has 1 aliphatic carbocycles. The standard InChI is InChI=1S/C11H16O3/c12-8-11(10-5-3-7-14-10)6-2-1-4-9(11)13/h3,5,7,9,12-13H,1-2,4,6,8H2/t9-,11+/m0/s1. The minimum absolute atomic E-state index is 0.0400. The lowest BCUT2D eigenvalue weighted by Crippen LogP contribution is -2.45. The summed E-state index contributed by atoms with van der Waals surface area (Å²) in [5, 5.41) is 19.4. The highest BCUT2D eigenvalue weighted by molar-refractivity contribution is 5.18. The van der Waals surface area contributed by atoms with Crippen LogP contribution in [0, 0.1) is 0 Å². The summed E-state index contributed by atoms with van der Waals surface area (Å²) >= 11 is 0. The summed E-state index contributed by atoms with van der Waals surface area (Å²) in [6.07, 6.45) is 4.74. The van der Waals surface area contributed by atoms with Crippen LogP contribution in [0.15, 0.2) is 22.8 Å². The second-order valence-electron chi connectivity index (χ2n) is 4.05. The normalized spacial score (nSPS) is 33.1. The molecule has 0 unspecified atom stereocenters. The molecule has 0 radical (unpaired) electrons. The van der Waals surface area contributed by atoms with Crippen molar-refractivity contribution in [1.29, 1.82) is 0 Å².